The molecule has 0 bridgehead atoms. The van der Waals surface area contributed by atoms with Crippen LogP contribution in [0.25, 0.3) is 6.08 Å². The molecule has 0 amide bonds. The third-order valence-electron chi connectivity index (χ3n) is 4.12. The summed E-state index contributed by atoms with van der Waals surface area (Å²) in [7, 11) is 0. The van der Waals surface area contributed by atoms with Crippen molar-refractivity contribution in [1.82, 2.24) is 0 Å². The minimum absolute atomic E-state index is 0.0790. The highest BCUT2D eigenvalue weighted by Gasteiger charge is 2.12. The van der Waals surface area contributed by atoms with Gasteiger partial charge in [-0.3, -0.25) is 0 Å². The Labute approximate surface area is 142 Å². The minimum Gasteiger partial charge on any atom is -0.504 e. The summed E-state index contributed by atoms with van der Waals surface area (Å²) in [5.74, 6) is 0.0765. The highest BCUT2D eigenvalue weighted by molar-refractivity contribution is 5.61. The first-order valence-electron chi connectivity index (χ1n) is 8.03. The quantitative estimate of drug-likeness (QED) is 0.624. The van der Waals surface area contributed by atoms with Crippen molar-refractivity contribution in [1.29, 1.82) is 0 Å². The van der Waals surface area contributed by atoms with Gasteiger partial charge in [0.1, 0.15) is 0 Å². The van der Waals surface area contributed by atoms with Crippen molar-refractivity contribution < 1.29 is 10.2 Å². The van der Waals surface area contributed by atoms with Crippen LogP contribution in [-0.4, -0.2) is 10.2 Å². The number of phenols is 2. The molecule has 3 aromatic rings. The number of benzene rings is 3. The van der Waals surface area contributed by atoms with Gasteiger partial charge >= 0.3 is 0 Å². The SMILES string of the molecule is Oc1cccc(C=CCC(c2ccccc2)c2ccccc2)c1O. The average Bonchev–Trinajstić information content (AvgIpc) is 2.63. The smallest absolute Gasteiger partial charge is 0.164 e. The van der Waals surface area contributed by atoms with Crippen molar-refractivity contribution in [3.8, 4) is 11.5 Å². The van der Waals surface area contributed by atoms with Crippen LogP contribution in [0.4, 0.5) is 0 Å². The number of allylic oxidation sites excluding steroid dienone is 1. The van der Waals surface area contributed by atoms with Gasteiger partial charge in [-0.15, -0.1) is 0 Å². The molecular weight excluding hydrogens is 296 g/mol. The second-order valence-corrected chi connectivity index (χ2v) is 5.73. The fourth-order valence-corrected chi connectivity index (χ4v) is 2.85. The van der Waals surface area contributed by atoms with E-state index >= 15 is 0 Å². The first-order valence-corrected chi connectivity index (χ1v) is 8.03. The molecule has 2 heteroatoms. The number of aromatic hydroxyl groups is 2. The van der Waals surface area contributed by atoms with Crippen LogP contribution in [0, 0.1) is 0 Å². The van der Waals surface area contributed by atoms with E-state index in [0.29, 0.717) is 5.56 Å². The van der Waals surface area contributed by atoms with E-state index in [9.17, 15) is 10.2 Å². The van der Waals surface area contributed by atoms with Crippen LogP contribution >= 0.6 is 0 Å². The van der Waals surface area contributed by atoms with Crippen LogP contribution in [0.5, 0.6) is 11.5 Å². The molecule has 0 radical (unpaired) electrons. The third-order valence-corrected chi connectivity index (χ3v) is 4.12. The summed E-state index contributed by atoms with van der Waals surface area (Å²) >= 11 is 0. The van der Waals surface area contributed by atoms with Crippen molar-refractivity contribution in [3.05, 3.63) is 102 Å². The van der Waals surface area contributed by atoms with E-state index in [2.05, 4.69) is 48.5 Å². The summed E-state index contributed by atoms with van der Waals surface area (Å²) in [6, 6.07) is 25.8. The molecule has 0 aliphatic heterocycles. The van der Waals surface area contributed by atoms with Gasteiger partial charge in [0.2, 0.25) is 0 Å². The van der Waals surface area contributed by atoms with Gasteiger partial charge in [-0.1, -0.05) is 84.9 Å². The molecule has 3 rings (SSSR count). The Balaban J connectivity index is 1.85. The molecule has 120 valence electrons. The van der Waals surface area contributed by atoms with Gasteiger partial charge in [0.15, 0.2) is 11.5 Å². The van der Waals surface area contributed by atoms with Gasteiger partial charge in [-0.25, -0.2) is 0 Å². The predicted molar refractivity (Wildman–Crippen MR) is 98.1 cm³/mol. The Kier molecular flexibility index (Phi) is 4.97. The topological polar surface area (TPSA) is 40.5 Å². The van der Waals surface area contributed by atoms with Gasteiger partial charge in [0.25, 0.3) is 0 Å². The summed E-state index contributed by atoms with van der Waals surface area (Å²) in [6.07, 6.45) is 4.70. The van der Waals surface area contributed by atoms with Gasteiger partial charge in [-0.2, -0.15) is 0 Å². The number of phenolic OH excluding ortho intramolecular Hbond substituents is 2. The van der Waals surface area contributed by atoms with Crippen molar-refractivity contribution in [2.24, 2.45) is 0 Å². The molecular formula is C22H20O2. The van der Waals surface area contributed by atoms with Crippen LogP contribution in [0.15, 0.2) is 84.9 Å². The minimum atomic E-state index is -0.0974. The van der Waals surface area contributed by atoms with Crippen LogP contribution < -0.4 is 0 Å². The Morgan fingerprint density at radius 1 is 0.708 bits per heavy atom. The number of hydrogen-bond donors (Lipinski definition) is 2. The highest BCUT2D eigenvalue weighted by atomic mass is 16.3. The monoisotopic (exact) mass is 316 g/mol. The van der Waals surface area contributed by atoms with E-state index in [1.807, 2.05) is 24.3 Å². The lowest BCUT2D eigenvalue weighted by atomic mass is 9.88. The summed E-state index contributed by atoms with van der Waals surface area (Å²) in [5, 5.41) is 19.5. The van der Waals surface area contributed by atoms with Crippen molar-refractivity contribution in [2.45, 2.75) is 12.3 Å². The molecule has 3 aromatic carbocycles. The number of para-hydroxylation sites is 1. The molecule has 24 heavy (non-hydrogen) atoms. The maximum atomic E-state index is 9.90. The maximum Gasteiger partial charge on any atom is 0.164 e. The normalized spacial score (nSPS) is 11.2. The second-order valence-electron chi connectivity index (χ2n) is 5.73. The molecule has 0 aromatic heterocycles. The highest BCUT2D eigenvalue weighted by Crippen LogP contribution is 2.31. The molecule has 0 spiro atoms. The van der Waals surface area contributed by atoms with E-state index < -0.39 is 0 Å². The van der Waals surface area contributed by atoms with Crippen LogP contribution in [0.2, 0.25) is 0 Å². The molecule has 0 unspecified atom stereocenters. The molecule has 0 saturated carbocycles. The van der Waals surface area contributed by atoms with Gasteiger partial charge in [0, 0.05) is 11.5 Å². The molecule has 0 aliphatic rings. The van der Waals surface area contributed by atoms with Crippen LogP contribution in [0.1, 0.15) is 29.0 Å². The van der Waals surface area contributed by atoms with E-state index in [-0.39, 0.29) is 17.4 Å². The standard InChI is InChI=1S/C22H20O2/c23-21-16-8-14-19(22(21)24)13-7-15-20(17-9-3-1-4-10-17)18-11-5-2-6-12-18/h1-14,16,20,23-24H,15H2. The van der Waals surface area contributed by atoms with Crippen LogP contribution in [0.3, 0.4) is 0 Å². The summed E-state index contributed by atoms with van der Waals surface area (Å²) in [4.78, 5) is 0. The molecule has 0 saturated heterocycles. The van der Waals surface area contributed by atoms with Gasteiger partial charge in [-0.05, 0) is 23.6 Å². The molecule has 2 N–H and O–H groups in total. The fraction of sp³-hybridized carbons (Fsp3) is 0.0909. The van der Waals surface area contributed by atoms with Crippen molar-refractivity contribution in [2.75, 3.05) is 0 Å². The second kappa shape index (κ2) is 7.51. The summed E-state index contributed by atoms with van der Waals surface area (Å²) < 4.78 is 0. The zero-order valence-electron chi connectivity index (χ0n) is 13.3. The van der Waals surface area contributed by atoms with E-state index in [0.717, 1.165) is 6.42 Å². The number of hydrogen-bond acceptors (Lipinski definition) is 2. The first kappa shape index (κ1) is 15.9. The first-order chi connectivity index (χ1) is 11.8. The summed E-state index contributed by atoms with van der Waals surface area (Å²) in [6.45, 7) is 0. The molecule has 2 nitrogen and oxygen atoms in total. The zero-order valence-corrected chi connectivity index (χ0v) is 13.3. The van der Waals surface area contributed by atoms with E-state index in [1.54, 1.807) is 12.1 Å². The van der Waals surface area contributed by atoms with Crippen molar-refractivity contribution >= 4 is 6.08 Å². The largest absolute Gasteiger partial charge is 0.504 e. The lowest BCUT2D eigenvalue weighted by Crippen LogP contribution is -1.99. The Bertz CT molecular complexity index is 768. The fourth-order valence-electron chi connectivity index (χ4n) is 2.85. The Morgan fingerprint density at radius 3 is 1.88 bits per heavy atom. The maximum absolute atomic E-state index is 9.90. The van der Waals surface area contributed by atoms with Crippen molar-refractivity contribution in [3.63, 3.8) is 0 Å². The predicted octanol–water partition coefficient (Wildman–Crippen LogP) is 5.33. The molecule has 0 fully saturated rings. The molecule has 0 heterocycles. The van der Waals surface area contributed by atoms with Crippen LogP contribution in [-0.2, 0) is 0 Å². The van der Waals surface area contributed by atoms with Gasteiger partial charge in [0.05, 0.1) is 0 Å². The Hall–Kier alpha value is -3.00. The summed E-state index contributed by atoms with van der Waals surface area (Å²) in [5.41, 5.74) is 3.14. The van der Waals surface area contributed by atoms with E-state index in [4.69, 9.17) is 0 Å². The lowest BCUT2D eigenvalue weighted by Gasteiger charge is -2.16. The molecule has 0 atom stereocenters. The number of rotatable bonds is 5. The average molecular weight is 316 g/mol. The van der Waals surface area contributed by atoms with E-state index in [1.165, 1.54) is 17.2 Å². The molecule has 0 aliphatic carbocycles. The van der Waals surface area contributed by atoms with Gasteiger partial charge < -0.3 is 10.2 Å². The third kappa shape index (κ3) is 3.66. The lowest BCUT2D eigenvalue weighted by molar-refractivity contribution is 0.403. The Morgan fingerprint density at radius 2 is 1.29 bits per heavy atom. The zero-order chi connectivity index (χ0) is 16.8.